The maximum Gasteiger partial charge on any atom is 0.282 e. The lowest BCUT2D eigenvalue weighted by molar-refractivity contribution is -0.260. The first-order valence-corrected chi connectivity index (χ1v) is 9.69. The number of nitrogens with zero attached hydrogens (tertiary/aromatic N) is 2. The minimum atomic E-state index is -0.776. The molecule has 1 saturated heterocycles. The molecule has 0 atom stereocenters. The van der Waals surface area contributed by atoms with E-state index in [1.807, 2.05) is 5.06 Å². The molecule has 2 aliphatic rings. The molecule has 0 radical (unpaired) electrons. The molecule has 0 aliphatic carbocycles. The molecular formula is C19H24BrFN2O5. The second kappa shape index (κ2) is 8.46. The highest BCUT2D eigenvalue weighted by Crippen LogP contribution is 2.47. The molecule has 9 heteroatoms. The van der Waals surface area contributed by atoms with Crippen LogP contribution in [0, 0.1) is 12.7 Å². The highest BCUT2D eigenvalue weighted by Gasteiger charge is 2.56. The van der Waals surface area contributed by atoms with Crippen molar-refractivity contribution in [1.82, 2.24) is 10.1 Å². The number of ether oxygens (including phenoxy) is 2. The van der Waals surface area contributed by atoms with E-state index in [1.54, 1.807) is 27.2 Å². The number of aryl methyl sites for hydroxylation is 1. The van der Waals surface area contributed by atoms with Crippen LogP contribution in [0.5, 0.6) is 0 Å². The Morgan fingerprint density at radius 1 is 1.21 bits per heavy atom. The normalized spacial score (nSPS) is 19.8. The first-order valence-electron chi connectivity index (χ1n) is 8.89. The molecule has 154 valence electrons. The van der Waals surface area contributed by atoms with Crippen LogP contribution in [0.4, 0.5) is 4.39 Å². The number of benzene rings is 1. The Balaban J connectivity index is 2.13. The summed E-state index contributed by atoms with van der Waals surface area (Å²) >= 11 is 3.21. The zero-order valence-corrected chi connectivity index (χ0v) is 18.0. The van der Waals surface area contributed by atoms with Gasteiger partial charge in [-0.1, -0.05) is 0 Å². The molecule has 0 saturated carbocycles. The summed E-state index contributed by atoms with van der Waals surface area (Å²) in [4.78, 5) is 24.4. The average molecular weight is 459 g/mol. The number of carbonyl (C=O) groups excluding carboxylic acids is 1. The van der Waals surface area contributed by atoms with E-state index >= 15 is 0 Å². The highest BCUT2D eigenvalue weighted by atomic mass is 79.9. The van der Waals surface area contributed by atoms with Crippen LogP contribution in [0.2, 0.25) is 0 Å². The van der Waals surface area contributed by atoms with Crippen LogP contribution in [0.25, 0.3) is 5.57 Å². The van der Waals surface area contributed by atoms with E-state index < -0.39 is 5.54 Å². The Hall–Kier alpha value is -1.52. The summed E-state index contributed by atoms with van der Waals surface area (Å²) < 4.78 is 25.0. The second-order valence-electron chi connectivity index (χ2n) is 6.77. The van der Waals surface area contributed by atoms with Gasteiger partial charge >= 0.3 is 0 Å². The molecular weight excluding hydrogens is 435 g/mol. The maximum absolute atomic E-state index is 13.9. The average Bonchev–Trinajstić information content (AvgIpc) is 2.91. The van der Waals surface area contributed by atoms with E-state index in [-0.39, 0.29) is 23.0 Å². The maximum atomic E-state index is 13.9. The van der Waals surface area contributed by atoms with Crippen molar-refractivity contribution < 1.29 is 28.3 Å². The highest BCUT2D eigenvalue weighted by molar-refractivity contribution is 9.10. The largest absolute Gasteiger partial charge is 0.498 e. The number of carbonyl (C=O) groups is 1. The molecule has 0 unspecified atom stereocenters. The van der Waals surface area contributed by atoms with Gasteiger partial charge in [-0.05, 0) is 59.0 Å². The third-order valence-electron chi connectivity index (χ3n) is 5.28. The molecule has 7 nitrogen and oxygen atoms in total. The number of hydroxylamine groups is 4. The Labute approximate surface area is 172 Å². The van der Waals surface area contributed by atoms with E-state index in [0.717, 1.165) is 0 Å². The molecule has 1 fully saturated rings. The lowest BCUT2D eigenvalue weighted by Gasteiger charge is -2.43. The Morgan fingerprint density at radius 2 is 1.89 bits per heavy atom. The smallest absolute Gasteiger partial charge is 0.282 e. The van der Waals surface area contributed by atoms with Gasteiger partial charge in [-0.3, -0.25) is 4.79 Å². The Kier molecular flexibility index (Phi) is 6.41. The number of piperidine rings is 1. The van der Waals surface area contributed by atoms with E-state index in [0.29, 0.717) is 48.4 Å². The molecule has 1 spiro atoms. The van der Waals surface area contributed by atoms with Gasteiger partial charge in [-0.25, -0.2) is 14.3 Å². The van der Waals surface area contributed by atoms with Gasteiger partial charge in [0.25, 0.3) is 5.91 Å². The summed E-state index contributed by atoms with van der Waals surface area (Å²) in [5.74, 6) is -0.200. The topological polar surface area (TPSA) is 60.5 Å². The van der Waals surface area contributed by atoms with Crippen LogP contribution < -0.4 is 0 Å². The van der Waals surface area contributed by atoms with Crippen LogP contribution in [-0.2, 0) is 23.9 Å². The molecule has 2 aliphatic heterocycles. The molecule has 1 amide bonds. The van der Waals surface area contributed by atoms with Crippen molar-refractivity contribution >= 4 is 27.4 Å². The number of halogens is 2. The van der Waals surface area contributed by atoms with Crippen LogP contribution in [0.3, 0.4) is 0 Å². The van der Waals surface area contributed by atoms with Crippen LogP contribution in [0.1, 0.15) is 24.0 Å². The summed E-state index contributed by atoms with van der Waals surface area (Å²) in [6, 6.07) is 3.00. The molecule has 3 rings (SSSR count). The molecule has 1 aromatic carbocycles. The van der Waals surface area contributed by atoms with Crippen molar-refractivity contribution in [2.24, 2.45) is 0 Å². The summed E-state index contributed by atoms with van der Waals surface area (Å²) in [6.45, 7) is 2.89. The van der Waals surface area contributed by atoms with Crippen LogP contribution in [0.15, 0.2) is 22.4 Å². The van der Waals surface area contributed by atoms with Crippen molar-refractivity contribution in [1.29, 1.82) is 0 Å². The molecule has 1 aromatic rings. The van der Waals surface area contributed by atoms with Gasteiger partial charge in [0.15, 0.2) is 6.79 Å². The summed E-state index contributed by atoms with van der Waals surface area (Å²) in [5, 5.41) is 3.18. The molecule has 0 aromatic heterocycles. The van der Waals surface area contributed by atoms with E-state index in [4.69, 9.17) is 19.1 Å². The first-order chi connectivity index (χ1) is 13.4. The van der Waals surface area contributed by atoms with Gasteiger partial charge in [0.2, 0.25) is 0 Å². The van der Waals surface area contributed by atoms with Crippen molar-refractivity contribution in [3.8, 4) is 0 Å². The minimum absolute atomic E-state index is 0.0716. The molecule has 2 heterocycles. The van der Waals surface area contributed by atoms with Gasteiger partial charge in [0, 0.05) is 20.2 Å². The fraction of sp³-hybridized carbons (Fsp3) is 0.526. The molecule has 0 bridgehead atoms. The Morgan fingerprint density at radius 3 is 2.46 bits per heavy atom. The summed E-state index contributed by atoms with van der Waals surface area (Å²) in [6.07, 6.45) is 1.12. The van der Waals surface area contributed by atoms with E-state index in [9.17, 15) is 9.18 Å². The van der Waals surface area contributed by atoms with Gasteiger partial charge in [0.05, 0.1) is 24.3 Å². The molecule has 0 N–H and O–H groups in total. The lowest BCUT2D eigenvalue weighted by atomic mass is 9.85. The van der Waals surface area contributed by atoms with E-state index in [1.165, 1.54) is 18.2 Å². The van der Waals surface area contributed by atoms with Crippen molar-refractivity contribution in [2.75, 3.05) is 41.2 Å². The third-order valence-corrected chi connectivity index (χ3v) is 5.89. The predicted molar refractivity (Wildman–Crippen MR) is 103 cm³/mol. The Bertz CT molecular complexity index is 793. The van der Waals surface area contributed by atoms with Gasteiger partial charge < -0.3 is 14.3 Å². The van der Waals surface area contributed by atoms with Crippen molar-refractivity contribution in [2.45, 2.75) is 25.3 Å². The summed E-state index contributed by atoms with van der Waals surface area (Å²) in [5.41, 5.74) is 0.841. The number of hydrogen-bond acceptors (Lipinski definition) is 6. The third kappa shape index (κ3) is 3.46. The standard InChI is InChI=1S/C19H24BrFN2O5/c1-12-9-15(21)14(20)10-13(12)16-17(26-3)19(5-7-22(27-4)8-6-19)23(18(16)24)28-11-25-2/h9-10H,5-8,11H2,1-4H3. The molecule has 28 heavy (non-hydrogen) atoms. The lowest BCUT2D eigenvalue weighted by Crippen LogP contribution is -2.55. The fourth-order valence-corrected chi connectivity index (χ4v) is 4.26. The fourth-order valence-electron chi connectivity index (χ4n) is 3.92. The SMILES string of the molecule is COCON1C(=O)C(c2cc(Br)c(F)cc2C)=C(OC)C12CCN(OC)CC2. The minimum Gasteiger partial charge on any atom is -0.498 e. The number of amides is 1. The predicted octanol–water partition coefficient (Wildman–Crippen LogP) is 3.03. The zero-order valence-electron chi connectivity index (χ0n) is 16.4. The van der Waals surface area contributed by atoms with Crippen molar-refractivity contribution in [3.63, 3.8) is 0 Å². The quantitative estimate of drug-likeness (QED) is 0.610. The van der Waals surface area contributed by atoms with Gasteiger partial charge in [-0.2, -0.15) is 5.06 Å². The monoisotopic (exact) mass is 458 g/mol. The van der Waals surface area contributed by atoms with Crippen molar-refractivity contribution in [3.05, 3.63) is 39.3 Å². The summed E-state index contributed by atoms with van der Waals surface area (Å²) in [7, 11) is 4.66. The van der Waals surface area contributed by atoms with Crippen LogP contribution >= 0.6 is 15.9 Å². The number of rotatable bonds is 6. The second-order valence-corrected chi connectivity index (χ2v) is 7.62. The number of methoxy groups -OCH3 is 2. The zero-order chi connectivity index (χ0) is 20.5. The number of hydrogen-bond donors (Lipinski definition) is 0. The van der Waals surface area contributed by atoms with E-state index in [2.05, 4.69) is 15.9 Å². The van der Waals surface area contributed by atoms with Gasteiger partial charge in [-0.15, -0.1) is 0 Å². The van der Waals surface area contributed by atoms with Gasteiger partial charge in [0.1, 0.15) is 17.1 Å². The van der Waals surface area contributed by atoms with Crippen LogP contribution in [-0.4, -0.2) is 62.8 Å². The first kappa shape index (κ1) is 21.2.